The standard InChI is InChI=1S/C23H18ClN3O2/c1-15-18(23(28)27-14-16-7-10-25-11-8-16)3-2-4-21(15)29-22-9-12-26-20-13-17(24)5-6-19(20)22/h2-13H,14H2,1H3,(H,27,28). The number of halogens is 1. The first-order valence-electron chi connectivity index (χ1n) is 9.10. The van der Waals surface area contributed by atoms with Gasteiger partial charge in [0.1, 0.15) is 11.5 Å². The Morgan fingerprint density at radius 3 is 2.69 bits per heavy atom. The van der Waals surface area contributed by atoms with Crippen LogP contribution in [0.5, 0.6) is 11.5 Å². The first-order valence-corrected chi connectivity index (χ1v) is 9.48. The van der Waals surface area contributed by atoms with E-state index in [0.717, 1.165) is 22.0 Å². The van der Waals surface area contributed by atoms with Crippen LogP contribution in [0.4, 0.5) is 0 Å². The predicted molar refractivity (Wildman–Crippen MR) is 113 cm³/mol. The Morgan fingerprint density at radius 1 is 1.03 bits per heavy atom. The van der Waals surface area contributed by atoms with Crippen molar-refractivity contribution in [3.63, 3.8) is 0 Å². The molecule has 2 aromatic heterocycles. The SMILES string of the molecule is Cc1c(Oc2ccnc3cc(Cl)ccc23)cccc1C(=O)NCc1ccncc1. The highest BCUT2D eigenvalue weighted by Crippen LogP contribution is 2.32. The molecule has 0 saturated heterocycles. The summed E-state index contributed by atoms with van der Waals surface area (Å²) in [5.74, 6) is 1.12. The third kappa shape index (κ3) is 4.20. The molecule has 0 aliphatic heterocycles. The number of nitrogens with one attached hydrogen (secondary N) is 1. The summed E-state index contributed by atoms with van der Waals surface area (Å²) < 4.78 is 6.14. The summed E-state index contributed by atoms with van der Waals surface area (Å²) in [6.07, 6.45) is 5.08. The highest BCUT2D eigenvalue weighted by molar-refractivity contribution is 6.31. The average molecular weight is 404 g/mol. The lowest BCUT2D eigenvalue weighted by Gasteiger charge is -2.14. The van der Waals surface area contributed by atoms with E-state index in [0.29, 0.717) is 28.6 Å². The second-order valence-electron chi connectivity index (χ2n) is 6.54. The maximum atomic E-state index is 12.7. The zero-order valence-corrected chi connectivity index (χ0v) is 16.5. The first-order chi connectivity index (χ1) is 14.1. The van der Waals surface area contributed by atoms with E-state index in [1.165, 1.54) is 0 Å². The second-order valence-corrected chi connectivity index (χ2v) is 6.98. The van der Waals surface area contributed by atoms with Gasteiger partial charge in [-0.15, -0.1) is 0 Å². The fourth-order valence-corrected chi connectivity index (χ4v) is 3.22. The van der Waals surface area contributed by atoms with E-state index in [2.05, 4.69) is 15.3 Å². The van der Waals surface area contributed by atoms with Gasteiger partial charge in [0.05, 0.1) is 5.52 Å². The molecule has 1 N–H and O–H groups in total. The van der Waals surface area contributed by atoms with Crippen LogP contribution in [0.2, 0.25) is 5.02 Å². The van der Waals surface area contributed by atoms with Crippen LogP contribution >= 0.6 is 11.6 Å². The van der Waals surface area contributed by atoms with E-state index in [-0.39, 0.29) is 5.91 Å². The van der Waals surface area contributed by atoms with Gasteiger partial charge in [0.25, 0.3) is 5.91 Å². The minimum atomic E-state index is -0.156. The Bertz CT molecular complexity index is 1180. The van der Waals surface area contributed by atoms with Crippen LogP contribution in [0.1, 0.15) is 21.5 Å². The molecule has 144 valence electrons. The summed E-state index contributed by atoms with van der Waals surface area (Å²) in [4.78, 5) is 21.0. The number of fused-ring (bicyclic) bond motifs is 1. The van der Waals surface area contributed by atoms with E-state index >= 15 is 0 Å². The van der Waals surface area contributed by atoms with E-state index in [4.69, 9.17) is 16.3 Å². The molecule has 6 heteroatoms. The highest BCUT2D eigenvalue weighted by atomic mass is 35.5. The van der Waals surface area contributed by atoms with Crippen molar-refractivity contribution in [1.29, 1.82) is 0 Å². The monoisotopic (exact) mass is 403 g/mol. The molecule has 0 unspecified atom stereocenters. The largest absolute Gasteiger partial charge is 0.456 e. The Kier molecular flexibility index (Phi) is 5.40. The Balaban J connectivity index is 1.58. The lowest BCUT2D eigenvalue weighted by Crippen LogP contribution is -2.23. The van der Waals surface area contributed by atoms with Gasteiger partial charge in [0, 0.05) is 46.7 Å². The number of amides is 1. The zero-order chi connectivity index (χ0) is 20.2. The van der Waals surface area contributed by atoms with E-state index < -0.39 is 0 Å². The van der Waals surface area contributed by atoms with Crippen LogP contribution in [-0.2, 0) is 6.54 Å². The molecule has 2 heterocycles. The molecule has 4 rings (SSSR count). The number of benzene rings is 2. The Labute approximate surface area is 173 Å². The van der Waals surface area contributed by atoms with Crippen molar-refractivity contribution >= 4 is 28.4 Å². The van der Waals surface area contributed by atoms with Crippen molar-refractivity contribution < 1.29 is 9.53 Å². The van der Waals surface area contributed by atoms with Gasteiger partial charge >= 0.3 is 0 Å². The lowest BCUT2D eigenvalue weighted by molar-refractivity contribution is 0.0950. The maximum absolute atomic E-state index is 12.7. The van der Waals surface area contributed by atoms with Crippen LogP contribution in [0.15, 0.2) is 73.2 Å². The van der Waals surface area contributed by atoms with Crippen molar-refractivity contribution in [1.82, 2.24) is 15.3 Å². The molecule has 0 spiro atoms. The van der Waals surface area contributed by atoms with Gasteiger partial charge < -0.3 is 10.1 Å². The summed E-state index contributed by atoms with van der Waals surface area (Å²) in [5, 5.41) is 4.40. The Hall–Kier alpha value is -3.44. The van der Waals surface area contributed by atoms with Crippen molar-refractivity contribution in [3.05, 3.63) is 94.9 Å². The average Bonchev–Trinajstić information content (AvgIpc) is 2.74. The molecule has 2 aromatic carbocycles. The van der Waals surface area contributed by atoms with Gasteiger partial charge in [0.2, 0.25) is 0 Å². The lowest BCUT2D eigenvalue weighted by atomic mass is 10.1. The third-order valence-electron chi connectivity index (χ3n) is 4.62. The van der Waals surface area contributed by atoms with E-state index in [9.17, 15) is 4.79 Å². The molecule has 29 heavy (non-hydrogen) atoms. The molecular formula is C23H18ClN3O2. The number of hydrogen-bond donors (Lipinski definition) is 1. The smallest absolute Gasteiger partial charge is 0.251 e. The number of carbonyl (C=O) groups is 1. The molecule has 5 nitrogen and oxygen atoms in total. The molecule has 0 radical (unpaired) electrons. The minimum Gasteiger partial charge on any atom is -0.456 e. The zero-order valence-electron chi connectivity index (χ0n) is 15.7. The first kappa shape index (κ1) is 18.9. The molecule has 0 saturated carbocycles. The van der Waals surface area contributed by atoms with Crippen molar-refractivity contribution in [2.45, 2.75) is 13.5 Å². The molecule has 0 aliphatic rings. The number of rotatable bonds is 5. The fraction of sp³-hybridized carbons (Fsp3) is 0.0870. The topological polar surface area (TPSA) is 64.1 Å². The molecule has 1 amide bonds. The number of nitrogens with zero attached hydrogens (tertiary/aromatic N) is 2. The number of ether oxygens (including phenoxy) is 1. The highest BCUT2D eigenvalue weighted by Gasteiger charge is 2.14. The number of pyridine rings is 2. The number of carbonyl (C=O) groups excluding carboxylic acids is 1. The third-order valence-corrected chi connectivity index (χ3v) is 4.85. The van der Waals surface area contributed by atoms with Gasteiger partial charge in [0.15, 0.2) is 0 Å². The summed E-state index contributed by atoms with van der Waals surface area (Å²) >= 11 is 6.06. The predicted octanol–water partition coefficient (Wildman–Crippen LogP) is 5.31. The quantitative estimate of drug-likeness (QED) is 0.490. The molecule has 0 aliphatic carbocycles. The molecule has 4 aromatic rings. The minimum absolute atomic E-state index is 0.156. The van der Waals surface area contributed by atoms with Crippen LogP contribution in [-0.4, -0.2) is 15.9 Å². The van der Waals surface area contributed by atoms with Gasteiger partial charge in [-0.05, 0) is 61.0 Å². The maximum Gasteiger partial charge on any atom is 0.251 e. The van der Waals surface area contributed by atoms with Crippen molar-refractivity contribution in [2.75, 3.05) is 0 Å². The number of aromatic nitrogens is 2. The van der Waals surface area contributed by atoms with Gasteiger partial charge in [-0.2, -0.15) is 0 Å². The summed E-state index contributed by atoms with van der Waals surface area (Å²) in [5.41, 5.74) is 3.07. The second kappa shape index (κ2) is 8.29. The van der Waals surface area contributed by atoms with Gasteiger partial charge in [-0.3, -0.25) is 14.8 Å². The molecule has 0 fully saturated rings. The summed E-state index contributed by atoms with van der Waals surface area (Å²) in [6, 6.07) is 16.4. The molecule has 0 atom stereocenters. The van der Waals surface area contributed by atoms with Crippen LogP contribution in [0, 0.1) is 6.92 Å². The summed E-state index contributed by atoms with van der Waals surface area (Å²) in [7, 11) is 0. The Morgan fingerprint density at radius 2 is 1.86 bits per heavy atom. The van der Waals surface area contributed by atoms with E-state index in [1.807, 2.05) is 37.3 Å². The van der Waals surface area contributed by atoms with Crippen LogP contribution < -0.4 is 10.1 Å². The van der Waals surface area contributed by atoms with Crippen molar-refractivity contribution in [2.24, 2.45) is 0 Å². The fourth-order valence-electron chi connectivity index (χ4n) is 3.05. The van der Waals surface area contributed by atoms with Crippen molar-refractivity contribution in [3.8, 4) is 11.5 Å². The normalized spacial score (nSPS) is 10.7. The molecular weight excluding hydrogens is 386 g/mol. The van der Waals surface area contributed by atoms with Gasteiger partial charge in [-0.25, -0.2) is 0 Å². The summed E-state index contributed by atoms with van der Waals surface area (Å²) in [6.45, 7) is 2.30. The number of hydrogen-bond acceptors (Lipinski definition) is 4. The van der Waals surface area contributed by atoms with Gasteiger partial charge in [-0.1, -0.05) is 17.7 Å². The van der Waals surface area contributed by atoms with E-state index in [1.54, 1.807) is 42.9 Å². The van der Waals surface area contributed by atoms with Crippen LogP contribution in [0.3, 0.4) is 0 Å². The molecule has 0 bridgehead atoms. The van der Waals surface area contributed by atoms with Crippen LogP contribution in [0.25, 0.3) is 10.9 Å².